The first kappa shape index (κ1) is 30.4. The molecule has 0 saturated heterocycles. The third-order valence-corrected chi connectivity index (χ3v) is 8.58. The Bertz CT molecular complexity index is 1350. The van der Waals surface area contributed by atoms with Crippen LogP contribution < -0.4 is 5.73 Å². The van der Waals surface area contributed by atoms with Crippen molar-refractivity contribution >= 4 is 11.8 Å². The lowest BCUT2D eigenvalue weighted by Gasteiger charge is -2.38. The molecule has 1 aliphatic carbocycles. The lowest BCUT2D eigenvalue weighted by molar-refractivity contribution is -0.155. The van der Waals surface area contributed by atoms with Gasteiger partial charge in [-0.15, -0.1) is 0 Å². The van der Waals surface area contributed by atoms with Gasteiger partial charge in [-0.25, -0.2) is 9.97 Å². The second-order valence-electron chi connectivity index (χ2n) is 11.7. The largest absolute Gasteiger partial charge is 0.383 e. The molecule has 0 radical (unpaired) electrons. The summed E-state index contributed by atoms with van der Waals surface area (Å²) in [4.78, 5) is 44.9. The first-order valence-electron chi connectivity index (χ1n) is 15.3. The number of imide groups is 1. The molecule has 1 fully saturated rings. The number of hydrogen-bond acceptors (Lipinski definition) is 6. The summed E-state index contributed by atoms with van der Waals surface area (Å²) >= 11 is 0. The second kappa shape index (κ2) is 14.9. The summed E-state index contributed by atoms with van der Waals surface area (Å²) in [5.74, 6) is -0.778. The van der Waals surface area contributed by atoms with E-state index < -0.39 is 30.0 Å². The highest BCUT2D eigenvalue weighted by atomic mass is 16.3. The van der Waals surface area contributed by atoms with Gasteiger partial charge in [-0.2, -0.15) is 0 Å². The number of aliphatic hydroxyl groups excluding tert-OH is 1. The number of nitrogens with zero attached hydrogens (tertiary/aromatic N) is 3. The minimum absolute atomic E-state index is 0.192. The van der Waals surface area contributed by atoms with Crippen LogP contribution in [-0.4, -0.2) is 53.8 Å². The molecule has 1 aliphatic rings. The van der Waals surface area contributed by atoms with Crippen molar-refractivity contribution in [3.05, 3.63) is 108 Å². The summed E-state index contributed by atoms with van der Waals surface area (Å²) in [7, 11) is 0. The SMILES string of the molecule is N[C@@H](Cc1cnc[nH]1)C(=O)N(C(=O)C(Cc1ccccc1)Cc1ccccc1)[C@@H](CC1CCCCC1)[C@@H](O)c1ncc[nH]1. The van der Waals surface area contributed by atoms with E-state index in [2.05, 4.69) is 19.9 Å². The standard InChI is InChI=1S/C34H42N6O3/c35-29(21-28-22-36-23-39-28)34(43)40(30(20-26-14-8-3-9-15-26)31(41)32-37-16-17-38-32)33(42)27(18-24-10-4-1-5-11-24)19-25-12-6-2-7-13-25/h1-2,4-7,10-13,16-17,22-23,26-27,29-31,41H,3,8-9,14-15,18-21,35H2,(H,36,39)(H,37,38)/t29-,30-,31+/m0/s1. The molecule has 0 unspecified atom stereocenters. The minimum Gasteiger partial charge on any atom is -0.383 e. The number of carbonyl (C=O) groups is 2. The van der Waals surface area contributed by atoms with E-state index >= 15 is 0 Å². The summed E-state index contributed by atoms with van der Waals surface area (Å²) in [5, 5.41) is 11.8. The summed E-state index contributed by atoms with van der Waals surface area (Å²) in [6, 6.07) is 17.9. The molecule has 9 heteroatoms. The van der Waals surface area contributed by atoms with Crippen LogP contribution in [0.2, 0.25) is 0 Å². The Balaban J connectivity index is 1.54. The van der Waals surface area contributed by atoms with Crippen LogP contribution in [0.5, 0.6) is 0 Å². The summed E-state index contributed by atoms with van der Waals surface area (Å²) in [6.07, 6.45) is 12.1. The highest BCUT2D eigenvalue weighted by molar-refractivity contribution is 5.99. The number of nitrogens with two attached hydrogens (primary N) is 1. The number of nitrogens with one attached hydrogen (secondary N) is 2. The summed E-state index contributed by atoms with van der Waals surface area (Å²) in [6.45, 7) is 0. The van der Waals surface area contributed by atoms with Crippen LogP contribution in [0, 0.1) is 11.8 Å². The predicted molar refractivity (Wildman–Crippen MR) is 164 cm³/mol. The number of rotatable bonds is 13. The zero-order valence-electron chi connectivity index (χ0n) is 24.5. The van der Waals surface area contributed by atoms with Gasteiger partial charge in [0, 0.05) is 36.6 Å². The number of H-pyrrole nitrogens is 2. The third kappa shape index (κ3) is 8.06. The third-order valence-electron chi connectivity index (χ3n) is 8.58. The van der Waals surface area contributed by atoms with Gasteiger partial charge in [0.25, 0.3) is 0 Å². The van der Waals surface area contributed by atoms with Gasteiger partial charge in [0.1, 0.15) is 11.9 Å². The van der Waals surface area contributed by atoms with Gasteiger partial charge >= 0.3 is 0 Å². The average molecular weight is 583 g/mol. The van der Waals surface area contributed by atoms with Crippen molar-refractivity contribution in [2.75, 3.05) is 0 Å². The lowest BCUT2D eigenvalue weighted by Crippen LogP contribution is -2.56. The summed E-state index contributed by atoms with van der Waals surface area (Å²) in [5.41, 5.74) is 9.25. The van der Waals surface area contributed by atoms with Crippen molar-refractivity contribution in [2.45, 2.75) is 76.0 Å². The van der Waals surface area contributed by atoms with Crippen molar-refractivity contribution < 1.29 is 14.7 Å². The Kier molecular flexibility index (Phi) is 10.5. The maximum atomic E-state index is 14.8. The van der Waals surface area contributed by atoms with E-state index in [1.165, 1.54) is 17.6 Å². The van der Waals surface area contributed by atoms with E-state index in [1.807, 2.05) is 60.7 Å². The van der Waals surface area contributed by atoms with Crippen molar-refractivity contribution in [1.29, 1.82) is 0 Å². The first-order valence-corrected chi connectivity index (χ1v) is 15.3. The fourth-order valence-corrected chi connectivity index (χ4v) is 6.34. The molecule has 9 nitrogen and oxygen atoms in total. The zero-order valence-corrected chi connectivity index (χ0v) is 24.5. The molecule has 43 heavy (non-hydrogen) atoms. The molecule has 226 valence electrons. The maximum Gasteiger partial charge on any atom is 0.246 e. The van der Waals surface area contributed by atoms with Gasteiger partial charge in [0.05, 0.1) is 18.4 Å². The Labute approximate surface area is 253 Å². The quantitative estimate of drug-likeness (QED) is 0.183. The molecule has 0 aliphatic heterocycles. The number of hydrogen-bond donors (Lipinski definition) is 4. The number of benzene rings is 2. The van der Waals surface area contributed by atoms with Gasteiger partial charge in [-0.1, -0.05) is 92.8 Å². The van der Waals surface area contributed by atoms with Crippen molar-refractivity contribution in [1.82, 2.24) is 24.8 Å². The normalized spacial score (nSPS) is 16.1. The van der Waals surface area contributed by atoms with E-state index in [4.69, 9.17) is 5.73 Å². The fourth-order valence-electron chi connectivity index (χ4n) is 6.34. The van der Waals surface area contributed by atoms with Crippen LogP contribution >= 0.6 is 0 Å². The van der Waals surface area contributed by atoms with Crippen LogP contribution in [-0.2, 0) is 28.9 Å². The fraction of sp³-hybridized carbons (Fsp3) is 0.412. The maximum absolute atomic E-state index is 14.8. The molecule has 3 atom stereocenters. The number of amides is 2. The van der Waals surface area contributed by atoms with Crippen molar-refractivity contribution in [3.63, 3.8) is 0 Å². The molecule has 0 spiro atoms. The number of aromatic amines is 2. The van der Waals surface area contributed by atoms with Crippen LogP contribution in [0.3, 0.4) is 0 Å². The number of carbonyl (C=O) groups excluding carboxylic acids is 2. The van der Waals surface area contributed by atoms with E-state index in [0.29, 0.717) is 30.8 Å². The van der Waals surface area contributed by atoms with Crippen LogP contribution in [0.4, 0.5) is 0 Å². The van der Waals surface area contributed by atoms with Gasteiger partial charge in [0.15, 0.2) is 0 Å². The van der Waals surface area contributed by atoms with Crippen LogP contribution in [0.25, 0.3) is 0 Å². The van der Waals surface area contributed by atoms with E-state index in [1.54, 1.807) is 18.6 Å². The second-order valence-corrected chi connectivity index (χ2v) is 11.7. The number of aliphatic hydroxyl groups is 1. The molecule has 2 amide bonds. The topological polar surface area (TPSA) is 141 Å². The molecule has 5 rings (SSSR count). The van der Waals surface area contributed by atoms with E-state index in [9.17, 15) is 14.7 Å². The Morgan fingerprint density at radius 2 is 1.56 bits per heavy atom. The number of imidazole rings is 2. The average Bonchev–Trinajstić information content (AvgIpc) is 3.77. The van der Waals surface area contributed by atoms with Crippen molar-refractivity contribution in [3.8, 4) is 0 Å². The summed E-state index contributed by atoms with van der Waals surface area (Å²) < 4.78 is 0. The molecular weight excluding hydrogens is 540 g/mol. The Morgan fingerprint density at radius 1 is 0.907 bits per heavy atom. The zero-order chi connectivity index (χ0) is 30.0. The Hall–Kier alpha value is -4.08. The highest BCUT2D eigenvalue weighted by Crippen LogP contribution is 2.34. The monoisotopic (exact) mass is 582 g/mol. The molecule has 2 aromatic heterocycles. The van der Waals surface area contributed by atoms with Gasteiger partial charge in [-0.05, 0) is 36.3 Å². The minimum atomic E-state index is -1.18. The predicted octanol–water partition coefficient (Wildman–Crippen LogP) is 4.53. The smallest absolute Gasteiger partial charge is 0.246 e. The van der Waals surface area contributed by atoms with E-state index in [-0.39, 0.29) is 18.2 Å². The molecular formula is C34H42N6O3. The molecule has 4 aromatic rings. The van der Waals surface area contributed by atoms with Gasteiger partial charge in [-0.3, -0.25) is 14.5 Å². The van der Waals surface area contributed by atoms with E-state index in [0.717, 1.165) is 36.8 Å². The van der Waals surface area contributed by atoms with Gasteiger partial charge < -0.3 is 20.8 Å². The highest BCUT2D eigenvalue weighted by Gasteiger charge is 2.42. The lowest BCUT2D eigenvalue weighted by atomic mass is 9.82. The first-order chi connectivity index (χ1) is 21.0. The van der Waals surface area contributed by atoms with Crippen molar-refractivity contribution in [2.24, 2.45) is 17.6 Å². The number of aromatic nitrogens is 4. The molecule has 0 bridgehead atoms. The Morgan fingerprint density at radius 3 is 2.12 bits per heavy atom. The molecule has 5 N–H and O–H groups in total. The molecule has 2 heterocycles. The molecule has 1 saturated carbocycles. The van der Waals surface area contributed by atoms with Crippen LogP contribution in [0.1, 0.15) is 67.3 Å². The molecule has 2 aromatic carbocycles. The van der Waals surface area contributed by atoms with Crippen LogP contribution in [0.15, 0.2) is 85.6 Å². The van der Waals surface area contributed by atoms with Gasteiger partial charge in [0.2, 0.25) is 11.8 Å².